The van der Waals surface area contributed by atoms with Gasteiger partial charge in [-0.2, -0.15) is 0 Å². The van der Waals surface area contributed by atoms with Crippen LogP contribution in [0.4, 0.5) is 17.1 Å². The molecule has 0 spiro atoms. The summed E-state index contributed by atoms with van der Waals surface area (Å²) in [5, 5.41) is 3.08. The summed E-state index contributed by atoms with van der Waals surface area (Å²) in [4.78, 5) is 19.1. The van der Waals surface area contributed by atoms with Crippen molar-refractivity contribution in [3.05, 3.63) is 54.6 Å². The van der Waals surface area contributed by atoms with Crippen LogP contribution in [0.5, 0.6) is 0 Å². The topological polar surface area (TPSA) is 38.8 Å². The summed E-state index contributed by atoms with van der Waals surface area (Å²) in [7, 11) is 4.13. The fourth-order valence-electron chi connectivity index (χ4n) is 3.06. The van der Waals surface area contributed by atoms with Crippen molar-refractivity contribution < 1.29 is 4.79 Å². The number of benzene rings is 2. The van der Waals surface area contributed by atoms with Gasteiger partial charge in [0.25, 0.3) is 0 Å². The van der Waals surface area contributed by atoms with Gasteiger partial charge in [-0.1, -0.05) is 30.3 Å². The van der Waals surface area contributed by atoms with Crippen molar-refractivity contribution in [2.24, 2.45) is 0 Å². The molecule has 1 saturated heterocycles. The summed E-state index contributed by atoms with van der Waals surface area (Å²) in [5.74, 6) is 0.0402. The molecular formula is C20H26N4O. The zero-order chi connectivity index (χ0) is 17.6. The Morgan fingerprint density at radius 1 is 1.00 bits per heavy atom. The molecule has 3 rings (SSSR count). The first-order valence-corrected chi connectivity index (χ1v) is 8.72. The van der Waals surface area contributed by atoms with Crippen LogP contribution in [0.1, 0.15) is 0 Å². The molecule has 1 heterocycles. The maximum absolute atomic E-state index is 12.5. The monoisotopic (exact) mass is 338 g/mol. The number of anilines is 3. The van der Waals surface area contributed by atoms with Gasteiger partial charge in [-0.15, -0.1) is 0 Å². The Morgan fingerprint density at radius 2 is 1.64 bits per heavy atom. The Bertz CT molecular complexity index is 696. The van der Waals surface area contributed by atoms with E-state index in [0.717, 1.165) is 43.2 Å². The number of rotatable bonds is 5. The molecular weight excluding hydrogens is 312 g/mol. The maximum Gasteiger partial charge on any atom is 0.238 e. The number of nitrogens with one attached hydrogen (secondary N) is 1. The normalized spacial score (nSPS) is 15.8. The molecule has 0 saturated carbocycles. The zero-order valence-electron chi connectivity index (χ0n) is 15.0. The summed E-state index contributed by atoms with van der Waals surface area (Å²) >= 11 is 0. The third kappa shape index (κ3) is 4.59. The molecule has 1 fully saturated rings. The molecule has 2 aromatic rings. The van der Waals surface area contributed by atoms with Crippen molar-refractivity contribution in [1.29, 1.82) is 0 Å². The molecule has 0 aliphatic carbocycles. The number of carbonyl (C=O) groups is 1. The van der Waals surface area contributed by atoms with Crippen LogP contribution in [0.25, 0.3) is 0 Å². The second-order valence-electron chi connectivity index (χ2n) is 6.54. The van der Waals surface area contributed by atoms with E-state index < -0.39 is 0 Å². The van der Waals surface area contributed by atoms with E-state index in [4.69, 9.17) is 0 Å². The minimum Gasteiger partial charge on any atom is -0.343 e. The van der Waals surface area contributed by atoms with Crippen LogP contribution in [0.15, 0.2) is 54.6 Å². The molecule has 1 amide bonds. The second kappa shape index (κ2) is 8.14. The highest BCUT2D eigenvalue weighted by molar-refractivity contribution is 5.96. The van der Waals surface area contributed by atoms with Crippen LogP contribution in [-0.2, 0) is 4.79 Å². The Hall–Kier alpha value is -2.37. The van der Waals surface area contributed by atoms with Gasteiger partial charge in [0.05, 0.1) is 17.9 Å². The van der Waals surface area contributed by atoms with Crippen molar-refractivity contribution in [2.45, 2.75) is 0 Å². The average molecular weight is 338 g/mol. The summed E-state index contributed by atoms with van der Waals surface area (Å²) in [6.45, 7) is 4.35. The molecule has 0 atom stereocenters. The lowest BCUT2D eigenvalue weighted by molar-refractivity contribution is -0.117. The van der Waals surface area contributed by atoms with Gasteiger partial charge in [-0.05, 0) is 31.3 Å². The second-order valence-corrected chi connectivity index (χ2v) is 6.54. The predicted molar refractivity (Wildman–Crippen MR) is 104 cm³/mol. The highest BCUT2D eigenvalue weighted by Gasteiger charge is 2.17. The molecule has 25 heavy (non-hydrogen) atoms. The SMILES string of the molecule is CN1CCN(CC(=O)Nc2ccccc2N(C)c2ccccc2)CC1. The lowest BCUT2D eigenvalue weighted by atomic mass is 10.2. The Labute approximate surface area is 149 Å². The number of nitrogens with zero attached hydrogens (tertiary/aromatic N) is 3. The summed E-state index contributed by atoms with van der Waals surface area (Å²) in [5.41, 5.74) is 2.91. The van der Waals surface area contributed by atoms with E-state index in [1.54, 1.807) is 0 Å². The molecule has 5 heteroatoms. The maximum atomic E-state index is 12.5. The lowest BCUT2D eigenvalue weighted by Gasteiger charge is -2.32. The first-order chi connectivity index (χ1) is 12.1. The van der Waals surface area contributed by atoms with Gasteiger partial charge in [0, 0.05) is 38.9 Å². The van der Waals surface area contributed by atoms with E-state index in [1.807, 2.05) is 49.5 Å². The van der Waals surface area contributed by atoms with Gasteiger partial charge in [0.15, 0.2) is 0 Å². The highest BCUT2D eigenvalue weighted by atomic mass is 16.2. The zero-order valence-corrected chi connectivity index (χ0v) is 15.0. The number of para-hydroxylation sites is 3. The van der Waals surface area contributed by atoms with Gasteiger partial charge < -0.3 is 15.1 Å². The fraction of sp³-hybridized carbons (Fsp3) is 0.350. The lowest BCUT2D eigenvalue weighted by Crippen LogP contribution is -2.47. The molecule has 132 valence electrons. The summed E-state index contributed by atoms with van der Waals surface area (Å²) in [6, 6.07) is 18.1. The standard InChI is InChI=1S/C20H26N4O/c1-22-12-14-24(15-13-22)16-20(25)21-18-10-6-7-11-19(18)23(2)17-8-4-3-5-9-17/h3-11H,12-16H2,1-2H3,(H,21,25). The number of hydrogen-bond acceptors (Lipinski definition) is 4. The van der Waals surface area contributed by atoms with Crippen LogP contribution in [-0.4, -0.2) is 62.5 Å². The van der Waals surface area contributed by atoms with Crippen LogP contribution in [0, 0.1) is 0 Å². The third-order valence-corrected chi connectivity index (χ3v) is 4.65. The van der Waals surface area contributed by atoms with Crippen molar-refractivity contribution in [1.82, 2.24) is 9.80 Å². The number of piperazine rings is 1. The molecule has 0 bridgehead atoms. The van der Waals surface area contributed by atoms with Crippen molar-refractivity contribution in [3.63, 3.8) is 0 Å². The van der Waals surface area contributed by atoms with E-state index >= 15 is 0 Å². The molecule has 5 nitrogen and oxygen atoms in total. The first-order valence-electron chi connectivity index (χ1n) is 8.72. The molecule has 0 aromatic heterocycles. The van der Waals surface area contributed by atoms with Gasteiger partial charge in [-0.3, -0.25) is 9.69 Å². The molecule has 1 aliphatic rings. The Kier molecular flexibility index (Phi) is 5.68. The Balaban J connectivity index is 1.67. The van der Waals surface area contributed by atoms with Crippen LogP contribution >= 0.6 is 0 Å². The largest absolute Gasteiger partial charge is 0.343 e. The number of carbonyl (C=O) groups excluding carboxylic acids is 1. The van der Waals surface area contributed by atoms with Crippen molar-refractivity contribution in [2.75, 3.05) is 57.0 Å². The fourth-order valence-corrected chi connectivity index (χ4v) is 3.06. The highest BCUT2D eigenvalue weighted by Crippen LogP contribution is 2.30. The summed E-state index contributed by atoms with van der Waals surface area (Å²) < 4.78 is 0. The molecule has 1 aliphatic heterocycles. The van der Waals surface area contributed by atoms with Gasteiger partial charge >= 0.3 is 0 Å². The van der Waals surface area contributed by atoms with Crippen LogP contribution < -0.4 is 10.2 Å². The number of hydrogen-bond donors (Lipinski definition) is 1. The van der Waals surface area contributed by atoms with Crippen LogP contribution in [0.3, 0.4) is 0 Å². The van der Waals surface area contributed by atoms with Crippen molar-refractivity contribution in [3.8, 4) is 0 Å². The van der Waals surface area contributed by atoms with Crippen molar-refractivity contribution >= 4 is 23.0 Å². The molecule has 1 N–H and O–H groups in total. The third-order valence-electron chi connectivity index (χ3n) is 4.65. The molecule has 0 unspecified atom stereocenters. The average Bonchev–Trinajstić information content (AvgIpc) is 2.64. The quantitative estimate of drug-likeness (QED) is 0.910. The van der Waals surface area contributed by atoms with Gasteiger partial charge in [-0.25, -0.2) is 0 Å². The minimum absolute atomic E-state index is 0.0402. The molecule has 2 aromatic carbocycles. The van der Waals surface area contributed by atoms with E-state index in [-0.39, 0.29) is 5.91 Å². The van der Waals surface area contributed by atoms with E-state index in [2.05, 4.69) is 39.2 Å². The first kappa shape index (κ1) is 17.5. The number of likely N-dealkylation sites (N-methyl/N-ethyl adjacent to an activating group) is 1. The van der Waals surface area contributed by atoms with E-state index in [9.17, 15) is 4.79 Å². The number of amides is 1. The Morgan fingerprint density at radius 3 is 2.36 bits per heavy atom. The van der Waals surface area contributed by atoms with Crippen LogP contribution in [0.2, 0.25) is 0 Å². The summed E-state index contributed by atoms with van der Waals surface area (Å²) in [6.07, 6.45) is 0. The molecule has 0 radical (unpaired) electrons. The minimum atomic E-state index is 0.0402. The van der Waals surface area contributed by atoms with Gasteiger partial charge in [0.1, 0.15) is 0 Å². The van der Waals surface area contributed by atoms with Gasteiger partial charge in [0.2, 0.25) is 5.91 Å². The van der Waals surface area contributed by atoms with E-state index in [0.29, 0.717) is 6.54 Å². The predicted octanol–water partition coefficient (Wildman–Crippen LogP) is 2.64. The smallest absolute Gasteiger partial charge is 0.238 e. The van der Waals surface area contributed by atoms with E-state index in [1.165, 1.54) is 0 Å².